The molecule has 0 aliphatic rings. The fraction of sp³-hybridized carbons (Fsp3) is 0.0833. The van der Waals surface area contributed by atoms with Crippen LogP contribution in [0.25, 0.3) is 0 Å². The van der Waals surface area contributed by atoms with Crippen LogP contribution < -0.4 is 0 Å². The van der Waals surface area contributed by atoms with Crippen molar-refractivity contribution in [2.45, 2.75) is 6.61 Å². The second-order valence-electron chi connectivity index (χ2n) is 3.16. The van der Waals surface area contributed by atoms with E-state index in [1.807, 2.05) is 30.3 Å². The van der Waals surface area contributed by atoms with Gasteiger partial charge in [-0.1, -0.05) is 41.9 Å². The summed E-state index contributed by atoms with van der Waals surface area (Å²) in [5.74, 6) is -0.371. The van der Waals surface area contributed by atoms with Crippen molar-refractivity contribution in [1.29, 1.82) is 0 Å². The van der Waals surface area contributed by atoms with Crippen LogP contribution in [0.4, 0.5) is 0 Å². The number of carbonyl (C=O) groups excluding carboxylic acids is 1. The van der Waals surface area contributed by atoms with Gasteiger partial charge in [-0.3, -0.25) is 0 Å². The minimum atomic E-state index is -0.371. The number of ether oxygens (including phenoxy) is 1. The summed E-state index contributed by atoms with van der Waals surface area (Å²) in [7, 11) is 0. The Kier molecular flexibility index (Phi) is 3.59. The second kappa shape index (κ2) is 5.14. The molecule has 0 amide bonds. The summed E-state index contributed by atoms with van der Waals surface area (Å²) in [6, 6.07) is 11.2. The Balaban J connectivity index is 1.97. The van der Waals surface area contributed by atoms with Crippen molar-refractivity contribution in [3.63, 3.8) is 0 Å². The van der Waals surface area contributed by atoms with Crippen molar-refractivity contribution in [3.8, 4) is 0 Å². The zero-order chi connectivity index (χ0) is 11.4. The van der Waals surface area contributed by atoms with Gasteiger partial charge in [0.25, 0.3) is 0 Å². The average Bonchev–Trinajstić information content (AvgIpc) is 2.74. The van der Waals surface area contributed by atoms with Crippen molar-refractivity contribution in [3.05, 3.63) is 57.2 Å². The van der Waals surface area contributed by atoms with Crippen LogP contribution in [-0.2, 0) is 11.3 Å². The standard InChI is InChI=1S/C12H9ClO2S/c13-10-6-7-16-11(10)12(14)15-8-9-4-2-1-3-5-9/h1-7H,8H2. The van der Waals surface area contributed by atoms with Gasteiger partial charge in [0.15, 0.2) is 0 Å². The van der Waals surface area contributed by atoms with Gasteiger partial charge in [0.1, 0.15) is 11.5 Å². The van der Waals surface area contributed by atoms with Gasteiger partial charge in [0.05, 0.1) is 5.02 Å². The van der Waals surface area contributed by atoms with Gasteiger partial charge >= 0.3 is 5.97 Å². The van der Waals surface area contributed by atoms with E-state index in [2.05, 4.69) is 0 Å². The summed E-state index contributed by atoms with van der Waals surface area (Å²) < 4.78 is 5.14. The Morgan fingerprint density at radius 2 is 2.00 bits per heavy atom. The molecule has 0 N–H and O–H groups in total. The molecule has 2 nitrogen and oxygen atoms in total. The zero-order valence-corrected chi connectivity index (χ0v) is 9.92. The van der Waals surface area contributed by atoms with Gasteiger partial charge in [-0.2, -0.15) is 0 Å². The van der Waals surface area contributed by atoms with Gasteiger partial charge in [0.2, 0.25) is 0 Å². The molecule has 0 radical (unpaired) electrons. The summed E-state index contributed by atoms with van der Waals surface area (Å²) in [6.45, 7) is 0.272. The maximum Gasteiger partial charge on any atom is 0.350 e. The summed E-state index contributed by atoms with van der Waals surface area (Å²) in [5.41, 5.74) is 0.962. The topological polar surface area (TPSA) is 26.3 Å². The Labute approximate surface area is 102 Å². The first-order valence-corrected chi connectivity index (χ1v) is 5.97. The van der Waals surface area contributed by atoms with Crippen LogP contribution >= 0.6 is 22.9 Å². The molecule has 2 aromatic rings. The van der Waals surface area contributed by atoms with Crippen molar-refractivity contribution in [2.24, 2.45) is 0 Å². The number of esters is 1. The third-order valence-corrected chi connectivity index (χ3v) is 3.34. The predicted octanol–water partition coefficient (Wildman–Crippen LogP) is 3.76. The van der Waals surface area contributed by atoms with E-state index < -0.39 is 0 Å². The lowest BCUT2D eigenvalue weighted by atomic mass is 10.2. The normalized spacial score (nSPS) is 10.1. The molecule has 0 atom stereocenters. The van der Waals surface area contributed by atoms with Crippen LogP contribution in [0.15, 0.2) is 41.8 Å². The number of hydrogen-bond donors (Lipinski definition) is 0. The number of halogens is 1. The molecule has 0 bridgehead atoms. The maximum atomic E-state index is 11.6. The Hall–Kier alpha value is -1.32. The quantitative estimate of drug-likeness (QED) is 0.778. The molecule has 0 aliphatic carbocycles. The molecule has 0 unspecified atom stereocenters. The number of rotatable bonds is 3. The van der Waals surface area contributed by atoms with Crippen LogP contribution in [0.2, 0.25) is 5.02 Å². The Bertz CT molecular complexity index is 479. The van der Waals surface area contributed by atoms with Crippen molar-refractivity contribution < 1.29 is 9.53 Å². The highest BCUT2D eigenvalue weighted by atomic mass is 35.5. The summed E-state index contributed by atoms with van der Waals surface area (Å²) in [5, 5.41) is 2.21. The minimum absolute atomic E-state index is 0.272. The molecule has 0 spiro atoms. The molecule has 16 heavy (non-hydrogen) atoms. The Morgan fingerprint density at radius 1 is 1.25 bits per heavy atom. The molecular formula is C12H9ClO2S. The minimum Gasteiger partial charge on any atom is -0.457 e. The first kappa shape index (κ1) is 11.2. The molecule has 2 rings (SSSR count). The van der Waals surface area contributed by atoms with Gasteiger partial charge < -0.3 is 4.74 Å². The first-order chi connectivity index (χ1) is 7.77. The van der Waals surface area contributed by atoms with Crippen molar-refractivity contribution in [2.75, 3.05) is 0 Å². The molecule has 4 heteroatoms. The molecule has 1 heterocycles. The largest absolute Gasteiger partial charge is 0.457 e. The molecule has 1 aromatic carbocycles. The van der Waals surface area contributed by atoms with Gasteiger partial charge in [-0.05, 0) is 17.0 Å². The first-order valence-electron chi connectivity index (χ1n) is 4.71. The number of thiophene rings is 1. The third kappa shape index (κ3) is 2.62. The average molecular weight is 253 g/mol. The van der Waals surface area contributed by atoms with Gasteiger partial charge in [0, 0.05) is 0 Å². The number of carbonyl (C=O) groups is 1. The molecule has 0 saturated heterocycles. The maximum absolute atomic E-state index is 11.6. The molecule has 0 fully saturated rings. The molecule has 1 aromatic heterocycles. The number of benzene rings is 1. The van der Waals surface area contributed by atoms with Crippen LogP contribution in [-0.4, -0.2) is 5.97 Å². The highest BCUT2D eigenvalue weighted by Gasteiger charge is 2.12. The lowest BCUT2D eigenvalue weighted by Gasteiger charge is -2.03. The van der Waals surface area contributed by atoms with E-state index in [9.17, 15) is 4.79 Å². The molecule has 82 valence electrons. The molecule has 0 saturated carbocycles. The second-order valence-corrected chi connectivity index (χ2v) is 4.48. The summed E-state index contributed by atoms with van der Waals surface area (Å²) in [6.07, 6.45) is 0. The van der Waals surface area contributed by atoms with Crippen LogP contribution in [0.1, 0.15) is 15.2 Å². The van der Waals surface area contributed by atoms with E-state index in [-0.39, 0.29) is 12.6 Å². The molecular weight excluding hydrogens is 244 g/mol. The highest BCUT2D eigenvalue weighted by Crippen LogP contribution is 2.23. The van der Waals surface area contributed by atoms with E-state index in [1.165, 1.54) is 11.3 Å². The van der Waals surface area contributed by atoms with Gasteiger partial charge in [-0.25, -0.2) is 4.79 Å². The lowest BCUT2D eigenvalue weighted by molar-refractivity contribution is 0.0479. The monoisotopic (exact) mass is 252 g/mol. The van der Waals surface area contributed by atoms with E-state index in [4.69, 9.17) is 16.3 Å². The fourth-order valence-corrected chi connectivity index (χ4v) is 2.25. The summed E-state index contributed by atoms with van der Waals surface area (Å²) in [4.78, 5) is 12.1. The van der Waals surface area contributed by atoms with Crippen LogP contribution in [0, 0.1) is 0 Å². The van der Waals surface area contributed by atoms with Crippen LogP contribution in [0.5, 0.6) is 0 Å². The van der Waals surface area contributed by atoms with Crippen molar-refractivity contribution in [1.82, 2.24) is 0 Å². The fourth-order valence-electron chi connectivity index (χ4n) is 1.23. The SMILES string of the molecule is O=C(OCc1ccccc1)c1sccc1Cl. The zero-order valence-electron chi connectivity index (χ0n) is 8.35. The van der Waals surface area contributed by atoms with E-state index in [0.717, 1.165) is 5.56 Å². The molecule has 0 aliphatic heterocycles. The Morgan fingerprint density at radius 3 is 2.62 bits per heavy atom. The highest BCUT2D eigenvalue weighted by molar-refractivity contribution is 7.12. The smallest absolute Gasteiger partial charge is 0.350 e. The summed E-state index contributed by atoms with van der Waals surface area (Å²) >= 11 is 7.11. The number of hydrogen-bond acceptors (Lipinski definition) is 3. The van der Waals surface area contributed by atoms with E-state index in [1.54, 1.807) is 11.4 Å². The van der Waals surface area contributed by atoms with Crippen LogP contribution in [0.3, 0.4) is 0 Å². The predicted molar refractivity (Wildman–Crippen MR) is 64.9 cm³/mol. The van der Waals surface area contributed by atoms with E-state index >= 15 is 0 Å². The van der Waals surface area contributed by atoms with E-state index in [0.29, 0.717) is 9.90 Å². The van der Waals surface area contributed by atoms with Gasteiger partial charge in [-0.15, -0.1) is 11.3 Å². The third-order valence-electron chi connectivity index (χ3n) is 2.02. The van der Waals surface area contributed by atoms with Crippen molar-refractivity contribution >= 4 is 28.9 Å². The lowest BCUT2D eigenvalue weighted by Crippen LogP contribution is -2.03.